The van der Waals surface area contributed by atoms with Gasteiger partial charge in [0.2, 0.25) is 0 Å². The number of hydrogen-bond donors (Lipinski definition) is 1. The van der Waals surface area contributed by atoms with Crippen molar-refractivity contribution < 1.29 is 9.53 Å². The van der Waals surface area contributed by atoms with E-state index in [1.807, 2.05) is 0 Å². The highest BCUT2D eigenvalue weighted by molar-refractivity contribution is 5.68. The standard InChI is InChI=1S/C7H11NO2/c1-5-7(2,3)8-6(9)10-4/h1H,2-4H3,(H,8,9). The third-order valence-electron chi connectivity index (χ3n) is 0.961. The summed E-state index contributed by atoms with van der Waals surface area (Å²) < 4.78 is 4.34. The van der Waals surface area contributed by atoms with Gasteiger partial charge in [0.1, 0.15) is 0 Å². The van der Waals surface area contributed by atoms with E-state index < -0.39 is 11.6 Å². The molecule has 1 amide bonds. The van der Waals surface area contributed by atoms with E-state index >= 15 is 0 Å². The number of carbonyl (C=O) groups is 1. The second-order valence-corrected chi connectivity index (χ2v) is 2.39. The van der Waals surface area contributed by atoms with Gasteiger partial charge in [0, 0.05) is 0 Å². The van der Waals surface area contributed by atoms with Gasteiger partial charge in [0.05, 0.1) is 12.6 Å². The van der Waals surface area contributed by atoms with Crippen LogP contribution in [0.25, 0.3) is 0 Å². The molecule has 0 saturated carbocycles. The average molecular weight is 141 g/mol. The number of hydrogen-bond acceptors (Lipinski definition) is 2. The van der Waals surface area contributed by atoms with Gasteiger partial charge < -0.3 is 10.1 Å². The summed E-state index contributed by atoms with van der Waals surface area (Å²) in [6.07, 6.45) is 4.58. The van der Waals surface area contributed by atoms with Gasteiger partial charge in [0.15, 0.2) is 0 Å². The molecule has 0 aliphatic heterocycles. The lowest BCUT2D eigenvalue weighted by Crippen LogP contribution is -2.41. The molecule has 0 rings (SSSR count). The number of methoxy groups -OCH3 is 1. The van der Waals surface area contributed by atoms with Crippen LogP contribution in [0.3, 0.4) is 0 Å². The van der Waals surface area contributed by atoms with Gasteiger partial charge in [-0.15, -0.1) is 6.42 Å². The molecule has 0 unspecified atom stereocenters. The lowest BCUT2D eigenvalue weighted by atomic mass is 10.1. The highest BCUT2D eigenvalue weighted by atomic mass is 16.5. The van der Waals surface area contributed by atoms with E-state index in [-0.39, 0.29) is 0 Å². The summed E-state index contributed by atoms with van der Waals surface area (Å²) in [6, 6.07) is 0. The topological polar surface area (TPSA) is 38.3 Å². The summed E-state index contributed by atoms with van der Waals surface area (Å²) in [6.45, 7) is 3.42. The van der Waals surface area contributed by atoms with E-state index in [4.69, 9.17) is 6.42 Å². The maximum Gasteiger partial charge on any atom is 0.408 e. The van der Waals surface area contributed by atoms with Crippen molar-refractivity contribution in [1.82, 2.24) is 5.32 Å². The Balaban J connectivity index is 3.92. The van der Waals surface area contributed by atoms with Crippen LogP contribution in [0.2, 0.25) is 0 Å². The quantitative estimate of drug-likeness (QED) is 0.547. The van der Waals surface area contributed by atoms with E-state index in [1.54, 1.807) is 13.8 Å². The first-order chi connectivity index (χ1) is 4.52. The van der Waals surface area contributed by atoms with Crippen LogP contribution in [-0.2, 0) is 4.74 Å². The van der Waals surface area contributed by atoms with Crippen LogP contribution < -0.4 is 5.32 Å². The van der Waals surface area contributed by atoms with Crippen LogP contribution in [0.4, 0.5) is 4.79 Å². The molecule has 0 saturated heterocycles. The van der Waals surface area contributed by atoms with Crippen molar-refractivity contribution in [1.29, 1.82) is 0 Å². The number of terminal acetylenes is 1. The lowest BCUT2D eigenvalue weighted by molar-refractivity contribution is 0.164. The van der Waals surface area contributed by atoms with Crippen molar-refractivity contribution in [3.05, 3.63) is 0 Å². The Kier molecular flexibility index (Phi) is 2.75. The zero-order valence-electron chi connectivity index (χ0n) is 6.39. The number of nitrogens with one attached hydrogen (secondary N) is 1. The fourth-order valence-corrected chi connectivity index (χ4v) is 0.342. The monoisotopic (exact) mass is 141 g/mol. The predicted octanol–water partition coefficient (Wildman–Crippen LogP) is 0.754. The van der Waals surface area contributed by atoms with Crippen molar-refractivity contribution in [3.63, 3.8) is 0 Å². The van der Waals surface area contributed by atoms with Crippen LogP contribution in [0.5, 0.6) is 0 Å². The summed E-state index contributed by atoms with van der Waals surface area (Å²) in [7, 11) is 1.29. The predicted molar refractivity (Wildman–Crippen MR) is 38.5 cm³/mol. The average Bonchev–Trinajstić information content (AvgIpc) is 1.87. The Morgan fingerprint density at radius 3 is 2.50 bits per heavy atom. The zero-order chi connectivity index (χ0) is 8.20. The summed E-state index contributed by atoms with van der Waals surface area (Å²) in [4.78, 5) is 10.6. The molecule has 56 valence electrons. The van der Waals surface area contributed by atoms with Gasteiger partial charge in [0.25, 0.3) is 0 Å². The number of alkyl carbamates (subject to hydrolysis) is 1. The second-order valence-electron chi connectivity index (χ2n) is 2.39. The summed E-state index contributed by atoms with van der Waals surface area (Å²) in [5, 5.41) is 2.46. The molecule has 0 aliphatic carbocycles. The molecule has 0 atom stereocenters. The maximum atomic E-state index is 10.6. The molecular weight excluding hydrogens is 130 g/mol. The summed E-state index contributed by atoms with van der Waals surface area (Å²) in [5.41, 5.74) is -0.632. The molecule has 3 heteroatoms. The molecule has 1 N–H and O–H groups in total. The van der Waals surface area contributed by atoms with Gasteiger partial charge in [-0.05, 0) is 13.8 Å². The van der Waals surface area contributed by atoms with Crippen LogP contribution in [0.15, 0.2) is 0 Å². The SMILES string of the molecule is C#CC(C)(C)NC(=O)OC. The highest BCUT2D eigenvalue weighted by Crippen LogP contribution is 1.98. The van der Waals surface area contributed by atoms with Gasteiger partial charge in [-0.3, -0.25) is 0 Å². The Morgan fingerprint density at radius 2 is 2.20 bits per heavy atom. The minimum Gasteiger partial charge on any atom is -0.453 e. The van der Waals surface area contributed by atoms with Crippen molar-refractivity contribution in [2.24, 2.45) is 0 Å². The second kappa shape index (κ2) is 3.11. The molecule has 0 aromatic rings. The van der Waals surface area contributed by atoms with E-state index in [9.17, 15) is 4.79 Å². The largest absolute Gasteiger partial charge is 0.453 e. The van der Waals surface area contributed by atoms with Crippen LogP contribution >= 0.6 is 0 Å². The number of amides is 1. The number of ether oxygens (including phenoxy) is 1. The maximum absolute atomic E-state index is 10.6. The first-order valence-corrected chi connectivity index (χ1v) is 2.86. The van der Waals surface area contributed by atoms with Crippen LogP contribution in [0, 0.1) is 12.3 Å². The Bertz CT molecular complexity index is 167. The van der Waals surface area contributed by atoms with E-state index in [0.29, 0.717) is 0 Å². The Morgan fingerprint density at radius 1 is 1.70 bits per heavy atom. The first-order valence-electron chi connectivity index (χ1n) is 2.86. The normalized spacial score (nSPS) is 9.80. The number of carbonyl (C=O) groups excluding carboxylic acids is 1. The molecule has 0 heterocycles. The molecule has 0 bridgehead atoms. The van der Waals surface area contributed by atoms with E-state index in [0.717, 1.165) is 0 Å². The third kappa shape index (κ3) is 2.98. The fraction of sp³-hybridized carbons (Fsp3) is 0.571. The fourth-order valence-electron chi connectivity index (χ4n) is 0.342. The van der Waals surface area contributed by atoms with Crippen molar-refractivity contribution in [3.8, 4) is 12.3 Å². The minimum atomic E-state index is -0.632. The molecule has 0 fully saturated rings. The van der Waals surface area contributed by atoms with Crippen molar-refractivity contribution >= 4 is 6.09 Å². The molecule has 0 radical (unpaired) electrons. The van der Waals surface area contributed by atoms with Gasteiger partial charge >= 0.3 is 6.09 Å². The summed E-state index contributed by atoms with van der Waals surface area (Å²) in [5.74, 6) is 2.39. The molecule has 0 aromatic carbocycles. The van der Waals surface area contributed by atoms with Gasteiger partial charge in [-0.2, -0.15) is 0 Å². The van der Waals surface area contributed by atoms with E-state index in [2.05, 4.69) is 16.0 Å². The molecule has 0 aliphatic rings. The summed E-state index contributed by atoms with van der Waals surface area (Å²) >= 11 is 0. The molecule has 0 spiro atoms. The Hall–Kier alpha value is -1.17. The highest BCUT2D eigenvalue weighted by Gasteiger charge is 2.16. The zero-order valence-corrected chi connectivity index (χ0v) is 6.39. The molecule has 10 heavy (non-hydrogen) atoms. The molecule has 0 aromatic heterocycles. The van der Waals surface area contributed by atoms with Gasteiger partial charge in [-0.25, -0.2) is 4.79 Å². The van der Waals surface area contributed by atoms with Gasteiger partial charge in [-0.1, -0.05) is 5.92 Å². The Labute approximate surface area is 60.8 Å². The third-order valence-corrected chi connectivity index (χ3v) is 0.961. The van der Waals surface area contributed by atoms with Crippen molar-refractivity contribution in [2.75, 3.05) is 7.11 Å². The van der Waals surface area contributed by atoms with E-state index in [1.165, 1.54) is 7.11 Å². The molecular formula is C7H11NO2. The van der Waals surface area contributed by atoms with Crippen LogP contribution in [-0.4, -0.2) is 18.7 Å². The van der Waals surface area contributed by atoms with Crippen molar-refractivity contribution in [2.45, 2.75) is 19.4 Å². The minimum absolute atomic E-state index is 0.511. The number of rotatable bonds is 1. The first kappa shape index (κ1) is 8.83. The molecule has 3 nitrogen and oxygen atoms in total. The van der Waals surface area contributed by atoms with Crippen LogP contribution in [0.1, 0.15) is 13.8 Å². The lowest BCUT2D eigenvalue weighted by Gasteiger charge is -2.17. The smallest absolute Gasteiger partial charge is 0.408 e.